The van der Waals surface area contributed by atoms with Crippen molar-refractivity contribution in [3.05, 3.63) is 47.0 Å². The van der Waals surface area contributed by atoms with Gasteiger partial charge in [-0.1, -0.05) is 12.1 Å². The number of ketones is 1. The largest absolute Gasteiger partial charge is 0.424 e. The number of Topliss-reactive ketones (excluding diaryl/α,β-unsaturated/α-hetero) is 1. The second-order valence-corrected chi connectivity index (χ2v) is 10.4. The summed E-state index contributed by atoms with van der Waals surface area (Å²) < 4.78 is 57.9. The van der Waals surface area contributed by atoms with Crippen molar-refractivity contribution < 1.29 is 28.5 Å². The third kappa shape index (κ3) is 5.92. The molecule has 1 saturated carbocycles. The van der Waals surface area contributed by atoms with E-state index in [1.807, 2.05) is 11.8 Å². The summed E-state index contributed by atoms with van der Waals surface area (Å²) in [6.45, 7) is 2.44. The maximum atomic E-state index is 14.9. The molecule has 0 radical (unpaired) electrons. The van der Waals surface area contributed by atoms with Gasteiger partial charge < -0.3 is 15.0 Å². The van der Waals surface area contributed by atoms with E-state index in [-0.39, 0.29) is 32.9 Å². The highest BCUT2D eigenvalue weighted by Gasteiger charge is 2.54. The van der Waals surface area contributed by atoms with E-state index >= 15 is 0 Å². The maximum absolute atomic E-state index is 14.9. The Bertz CT molecular complexity index is 1260. The Labute approximate surface area is 210 Å². The first-order valence-corrected chi connectivity index (χ1v) is 12.2. The van der Waals surface area contributed by atoms with Crippen molar-refractivity contribution in [1.29, 1.82) is 0 Å². The van der Waals surface area contributed by atoms with Crippen LogP contribution in [0.1, 0.15) is 31.1 Å². The fourth-order valence-corrected chi connectivity index (χ4v) is 4.78. The third-order valence-electron chi connectivity index (χ3n) is 6.02. The van der Waals surface area contributed by atoms with Gasteiger partial charge >= 0.3 is 12.2 Å². The fraction of sp³-hybridized carbons (Fsp3) is 0.417. The smallest absolute Gasteiger partial charge is 0.395 e. The predicted molar refractivity (Wildman–Crippen MR) is 129 cm³/mol. The molecule has 0 atom stereocenters. The molecular formula is C24H25F4N5O2S. The van der Waals surface area contributed by atoms with Crippen molar-refractivity contribution in [3.63, 3.8) is 0 Å². The second-order valence-electron chi connectivity index (χ2n) is 9.21. The van der Waals surface area contributed by atoms with E-state index in [9.17, 15) is 22.4 Å². The number of nitrogens with zero attached hydrogens (tertiary/aromatic N) is 4. The van der Waals surface area contributed by atoms with Gasteiger partial charge in [-0.25, -0.2) is 9.37 Å². The van der Waals surface area contributed by atoms with Crippen molar-refractivity contribution in [2.75, 3.05) is 23.3 Å². The Morgan fingerprint density at radius 3 is 2.58 bits per heavy atom. The quantitative estimate of drug-likeness (QED) is 0.343. The molecule has 0 bridgehead atoms. The summed E-state index contributed by atoms with van der Waals surface area (Å²) in [5.74, 6) is 0.492. The van der Waals surface area contributed by atoms with Crippen molar-refractivity contribution >= 4 is 33.9 Å². The molecule has 1 aromatic carbocycles. The Hall–Kier alpha value is -3.28. The van der Waals surface area contributed by atoms with E-state index in [0.29, 0.717) is 28.1 Å². The number of rotatable bonds is 9. The van der Waals surface area contributed by atoms with Gasteiger partial charge in [0.15, 0.2) is 5.13 Å². The van der Waals surface area contributed by atoms with Crippen molar-refractivity contribution in [2.45, 2.75) is 44.5 Å². The first-order valence-electron chi connectivity index (χ1n) is 11.4. The number of nitrogens with one attached hydrogen (secondary N) is 1. The van der Waals surface area contributed by atoms with Gasteiger partial charge in [-0.05, 0) is 43.4 Å². The van der Waals surface area contributed by atoms with Crippen LogP contribution >= 0.6 is 11.3 Å². The summed E-state index contributed by atoms with van der Waals surface area (Å²) in [5.41, 5.74) is -0.751. The number of thiazole rings is 1. The molecule has 0 amide bonds. The summed E-state index contributed by atoms with van der Waals surface area (Å²) in [4.78, 5) is 27.6. The van der Waals surface area contributed by atoms with E-state index in [1.165, 1.54) is 35.6 Å². The average Bonchev–Trinajstić information content (AvgIpc) is 3.54. The lowest BCUT2D eigenvalue weighted by Crippen LogP contribution is -2.60. The number of carbonyl (C=O) groups excluding carboxylic acids is 1. The number of carbonyl (C=O) groups is 1. The molecule has 192 valence electrons. The summed E-state index contributed by atoms with van der Waals surface area (Å²) in [6, 6.07) is 7.85. The standard InChI is InChI=1S/C24H23F4N5O2S.H2/c1-14-11-29-22(36-14)31-19-9-20(33-12-23(25,13-33)16-4-5-16)32-21(30-19)35-18-6-2-15(3-7-18)8-17(34)10-24(26,27)28;/h2-3,6-7,9,11,16H,4-5,8,10,12-13H2,1H3,(H,29,30,31,32);1H. The molecule has 7 nitrogen and oxygen atoms in total. The number of aromatic nitrogens is 3. The molecule has 0 unspecified atom stereocenters. The summed E-state index contributed by atoms with van der Waals surface area (Å²) in [6.07, 6.45) is -2.75. The lowest BCUT2D eigenvalue weighted by molar-refractivity contribution is -0.151. The van der Waals surface area contributed by atoms with Crippen LogP contribution in [0.15, 0.2) is 36.5 Å². The normalized spacial score (nSPS) is 17.0. The number of halogens is 4. The number of hydrogen-bond acceptors (Lipinski definition) is 8. The third-order valence-corrected chi connectivity index (χ3v) is 6.85. The number of ether oxygens (including phenoxy) is 1. The molecule has 1 aliphatic carbocycles. The maximum Gasteiger partial charge on any atom is 0.395 e. The van der Waals surface area contributed by atoms with E-state index in [2.05, 4.69) is 20.3 Å². The molecule has 2 fully saturated rings. The minimum Gasteiger partial charge on any atom is -0.424 e. The van der Waals surface area contributed by atoms with Crippen LogP contribution in [0, 0.1) is 12.8 Å². The first kappa shape index (κ1) is 24.4. The first-order chi connectivity index (χ1) is 17.0. The lowest BCUT2D eigenvalue weighted by atomic mass is 9.91. The number of hydrogen-bond donors (Lipinski definition) is 1. The molecule has 0 spiro atoms. The number of benzene rings is 1. The summed E-state index contributed by atoms with van der Waals surface area (Å²) >= 11 is 1.45. The van der Waals surface area contributed by atoms with E-state index in [0.717, 1.165) is 17.7 Å². The highest BCUT2D eigenvalue weighted by molar-refractivity contribution is 7.15. The molecular weight excluding hydrogens is 498 g/mol. The molecule has 1 aliphatic heterocycles. The van der Waals surface area contributed by atoms with Crippen LogP contribution in [0.25, 0.3) is 0 Å². The van der Waals surface area contributed by atoms with Gasteiger partial charge in [-0.3, -0.25) is 4.79 Å². The van der Waals surface area contributed by atoms with Gasteiger partial charge in [0.05, 0.1) is 13.1 Å². The SMILES string of the molecule is Cc1cnc(Nc2cc(N3CC(F)(C4CC4)C3)nc(Oc3ccc(CC(=O)CC(F)(F)F)cc3)n2)s1.[HH]. The van der Waals surface area contributed by atoms with E-state index in [4.69, 9.17) is 4.74 Å². The molecule has 5 rings (SSSR count). The Morgan fingerprint density at radius 2 is 1.97 bits per heavy atom. The van der Waals surface area contributed by atoms with Gasteiger partial charge in [0.25, 0.3) is 0 Å². The molecule has 2 aliphatic rings. The zero-order chi connectivity index (χ0) is 25.5. The van der Waals surface area contributed by atoms with Gasteiger partial charge in [0.2, 0.25) is 0 Å². The zero-order valence-corrected chi connectivity index (χ0v) is 20.1. The highest BCUT2D eigenvalue weighted by atomic mass is 32.1. The van der Waals surface area contributed by atoms with Crippen molar-refractivity contribution in [2.24, 2.45) is 5.92 Å². The Kier molecular flexibility index (Phi) is 6.31. The Morgan fingerprint density at radius 1 is 1.25 bits per heavy atom. The molecule has 3 heterocycles. The summed E-state index contributed by atoms with van der Waals surface area (Å²) in [7, 11) is 0. The molecule has 3 aromatic rings. The van der Waals surface area contributed by atoms with Crippen LogP contribution < -0.4 is 15.0 Å². The van der Waals surface area contributed by atoms with Crippen LogP contribution in [0.4, 0.5) is 34.3 Å². The predicted octanol–water partition coefficient (Wildman–Crippen LogP) is 6.03. The van der Waals surface area contributed by atoms with Gasteiger partial charge in [0.1, 0.15) is 35.3 Å². The Balaban J connectivity index is 0.00000320. The highest BCUT2D eigenvalue weighted by Crippen LogP contribution is 2.48. The molecule has 2 aromatic heterocycles. The molecule has 36 heavy (non-hydrogen) atoms. The van der Waals surface area contributed by atoms with Crippen LogP contribution in [-0.4, -0.2) is 45.7 Å². The van der Waals surface area contributed by atoms with Crippen LogP contribution in [0.3, 0.4) is 0 Å². The number of alkyl halides is 4. The number of aryl methyl sites for hydroxylation is 1. The lowest BCUT2D eigenvalue weighted by Gasteiger charge is -2.45. The summed E-state index contributed by atoms with van der Waals surface area (Å²) in [5, 5.41) is 3.76. The van der Waals surface area contributed by atoms with Crippen molar-refractivity contribution in [1.82, 2.24) is 15.0 Å². The van der Waals surface area contributed by atoms with Gasteiger partial charge in [0, 0.05) is 25.0 Å². The van der Waals surface area contributed by atoms with E-state index < -0.39 is 24.0 Å². The van der Waals surface area contributed by atoms with Gasteiger partial charge in [-0.2, -0.15) is 23.1 Å². The second kappa shape index (κ2) is 9.30. The fourth-order valence-electron chi connectivity index (χ4n) is 4.11. The van der Waals surface area contributed by atoms with Crippen LogP contribution in [0.2, 0.25) is 0 Å². The molecule has 1 N–H and O–H groups in total. The van der Waals surface area contributed by atoms with Gasteiger partial charge in [-0.15, -0.1) is 11.3 Å². The zero-order valence-electron chi connectivity index (χ0n) is 19.3. The van der Waals surface area contributed by atoms with Crippen LogP contribution in [-0.2, 0) is 11.2 Å². The molecule has 1 saturated heterocycles. The van der Waals surface area contributed by atoms with E-state index in [1.54, 1.807) is 12.3 Å². The number of anilines is 3. The monoisotopic (exact) mass is 523 g/mol. The average molecular weight is 524 g/mol. The topological polar surface area (TPSA) is 80.2 Å². The van der Waals surface area contributed by atoms with Crippen molar-refractivity contribution in [3.8, 4) is 11.8 Å². The minimum absolute atomic E-state index is 0. The minimum atomic E-state index is -4.53. The molecule has 12 heteroatoms. The van der Waals surface area contributed by atoms with Crippen LogP contribution in [0.5, 0.6) is 11.8 Å².